The van der Waals surface area contributed by atoms with Crippen LogP contribution in [-0.2, 0) is 11.2 Å². The first-order valence-corrected chi connectivity index (χ1v) is 7.78. The van der Waals surface area contributed by atoms with Crippen LogP contribution in [0.1, 0.15) is 24.1 Å². The number of halogens is 1. The van der Waals surface area contributed by atoms with Crippen LogP contribution < -0.4 is 10.1 Å². The van der Waals surface area contributed by atoms with Crippen LogP contribution >= 0.6 is 11.6 Å². The quantitative estimate of drug-likeness (QED) is 0.936. The molecule has 22 heavy (non-hydrogen) atoms. The third kappa shape index (κ3) is 3.25. The summed E-state index contributed by atoms with van der Waals surface area (Å²) in [6.07, 6.45) is 0.656. The Morgan fingerprint density at radius 1 is 1.27 bits per heavy atom. The minimum atomic E-state index is -0.183. The van der Waals surface area contributed by atoms with E-state index >= 15 is 0 Å². The van der Waals surface area contributed by atoms with E-state index < -0.39 is 0 Å². The molecule has 1 N–H and O–H groups in total. The lowest BCUT2D eigenvalue weighted by atomic mass is 9.95. The zero-order valence-electron chi connectivity index (χ0n) is 12.4. The highest BCUT2D eigenvalue weighted by atomic mass is 35.5. The summed E-state index contributed by atoms with van der Waals surface area (Å²) < 4.78 is 5.68. The molecule has 0 fully saturated rings. The highest BCUT2D eigenvalue weighted by molar-refractivity contribution is 6.30. The summed E-state index contributed by atoms with van der Waals surface area (Å²) in [6.45, 7) is 2.39. The number of nitrogens with one attached hydrogen (secondary N) is 1. The monoisotopic (exact) mass is 315 g/mol. The number of fused-ring (bicyclic) bond motifs is 1. The van der Waals surface area contributed by atoms with Crippen molar-refractivity contribution in [2.45, 2.75) is 19.4 Å². The molecular formula is C18H18ClNO2. The van der Waals surface area contributed by atoms with Gasteiger partial charge in [-0.25, -0.2) is 0 Å². The van der Waals surface area contributed by atoms with E-state index in [1.807, 2.05) is 49.4 Å². The van der Waals surface area contributed by atoms with Gasteiger partial charge in [-0.2, -0.15) is 0 Å². The molecular weight excluding hydrogens is 298 g/mol. The van der Waals surface area contributed by atoms with E-state index in [2.05, 4.69) is 5.32 Å². The van der Waals surface area contributed by atoms with Gasteiger partial charge < -0.3 is 10.1 Å². The van der Waals surface area contributed by atoms with Crippen molar-refractivity contribution in [3.05, 3.63) is 64.7 Å². The molecule has 114 valence electrons. The average molecular weight is 316 g/mol. The summed E-state index contributed by atoms with van der Waals surface area (Å²) in [6, 6.07) is 15.4. The third-order valence-corrected chi connectivity index (χ3v) is 4.19. The molecule has 1 aliphatic heterocycles. The Morgan fingerprint density at radius 3 is 2.82 bits per heavy atom. The minimum absolute atomic E-state index is 0.0157. The first-order chi connectivity index (χ1) is 10.6. The van der Waals surface area contributed by atoms with Gasteiger partial charge in [0.25, 0.3) is 0 Å². The predicted molar refractivity (Wildman–Crippen MR) is 87.1 cm³/mol. The molecule has 1 aliphatic rings. The molecule has 2 aromatic carbocycles. The van der Waals surface area contributed by atoms with Crippen molar-refractivity contribution in [1.82, 2.24) is 5.32 Å². The number of carbonyl (C=O) groups is 1. The standard InChI is InChI=1S/C18H18ClNO2/c1-12(13-5-3-2-4-6-13)20-18(21)15-9-14-10-16(19)7-8-17(14)22-11-15/h2-8,10,12,15H,9,11H2,1H3,(H,20,21)/t12-,15-/m1/s1. The third-order valence-electron chi connectivity index (χ3n) is 3.96. The highest BCUT2D eigenvalue weighted by Crippen LogP contribution is 2.30. The Balaban J connectivity index is 1.66. The predicted octanol–water partition coefficient (Wildman–Crippen LogP) is 3.77. The van der Waals surface area contributed by atoms with Crippen molar-refractivity contribution in [2.24, 2.45) is 5.92 Å². The molecule has 0 radical (unpaired) electrons. The molecule has 0 bridgehead atoms. The molecule has 0 unspecified atom stereocenters. The largest absolute Gasteiger partial charge is 0.492 e. The summed E-state index contributed by atoms with van der Waals surface area (Å²) >= 11 is 6.01. The SMILES string of the molecule is C[C@@H](NC(=O)[C@H]1COc2ccc(Cl)cc2C1)c1ccccc1. The summed E-state index contributed by atoms with van der Waals surface area (Å²) in [5.74, 6) is 0.656. The van der Waals surface area contributed by atoms with Crippen LogP contribution in [0.5, 0.6) is 5.75 Å². The molecule has 0 aromatic heterocycles. The molecule has 0 aliphatic carbocycles. The summed E-state index contributed by atoms with van der Waals surface area (Å²) in [5.41, 5.74) is 2.09. The fourth-order valence-electron chi connectivity index (χ4n) is 2.69. The lowest BCUT2D eigenvalue weighted by molar-refractivity contribution is -0.126. The lowest BCUT2D eigenvalue weighted by Gasteiger charge is -2.26. The first kappa shape index (κ1) is 14.9. The zero-order valence-corrected chi connectivity index (χ0v) is 13.1. The molecule has 0 saturated carbocycles. The van der Waals surface area contributed by atoms with E-state index in [0.717, 1.165) is 16.9 Å². The number of hydrogen-bond acceptors (Lipinski definition) is 2. The second-order valence-electron chi connectivity index (χ2n) is 5.61. The van der Waals surface area contributed by atoms with Gasteiger partial charge in [0.2, 0.25) is 5.91 Å². The van der Waals surface area contributed by atoms with E-state index in [1.165, 1.54) is 0 Å². The van der Waals surface area contributed by atoms with Gasteiger partial charge in [0.1, 0.15) is 12.4 Å². The molecule has 0 saturated heterocycles. The van der Waals surface area contributed by atoms with Gasteiger partial charge in [-0.15, -0.1) is 0 Å². The maximum atomic E-state index is 12.5. The van der Waals surface area contributed by atoms with Crippen molar-refractivity contribution >= 4 is 17.5 Å². The van der Waals surface area contributed by atoms with E-state index in [-0.39, 0.29) is 17.9 Å². The van der Waals surface area contributed by atoms with Crippen molar-refractivity contribution in [3.8, 4) is 5.75 Å². The Kier molecular flexibility index (Phi) is 4.34. The van der Waals surface area contributed by atoms with Crippen molar-refractivity contribution in [1.29, 1.82) is 0 Å². The molecule has 4 heteroatoms. The summed E-state index contributed by atoms with van der Waals surface area (Å²) in [4.78, 5) is 12.5. The number of carbonyl (C=O) groups excluding carboxylic acids is 1. The number of rotatable bonds is 3. The van der Waals surface area contributed by atoms with E-state index in [9.17, 15) is 4.79 Å². The van der Waals surface area contributed by atoms with Gasteiger partial charge in [-0.1, -0.05) is 41.9 Å². The van der Waals surface area contributed by atoms with Gasteiger partial charge in [0, 0.05) is 5.02 Å². The number of amides is 1. The van der Waals surface area contributed by atoms with Gasteiger partial charge >= 0.3 is 0 Å². The second kappa shape index (κ2) is 6.41. The fourth-order valence-corrected chi connectivity index (χ4v) is 2.88. The van der Waals surface area contributed by atoms with Gasteiger partial charge in [0.15, 0.2) is 0 Å². The Bertz CT molecular complexity index is 672. The number of ether oxygens (including phenoxy) is 1. The summed E-state index contributed by atoms with van der Waals surface area (Å²) in [5, 5.41) is 3.73. The second-order valence-corrected chi connectivity index (χ2v) is 6.04. The Morgan fingerprint density at radius 2 is 2.05 bits per heavy atom. The minimum Gasteiger partial charge on any atom is -0.492 e. The van der Waals surface area contributed by atoms with Crippen LogP contribution in [0.3, 0.4) is 0 Å². The van der Waals surface area contributed by atoms with Crippen LogP contribution in [0.2, 0.25) is 5.02 Å². The lowest BCUT2D eigenvalue weighted by Crippen LogP contribution is -2.38. The first-order valence-electron chi connectivity index (χ1n) is 7.40. The fraction of sp³-hybridized carbons (Fsp3) is 0.278. The summed E-state index contributed by atoms with van der Waals surface area (Å²) in [7, 11) is 0. The van der Waals surface area contributed by atoms with Gasteiger partial charge in [-0.3, -0.25) is 4.79 Å². The smallest absolute Gasteiger partial charge is 0.227 e. The maximum absolute atomic E-state index is 12.5. The van der Waals surface area contributed by atoms with Gasteiger partial charge in [-0.05, 0) is 42.7 Å². The van der Waals surface area contributed by atoms with E-state index in [1.54, 1.807) is 6.07 Å². The van der Waals surface area contributed by atoms with Crippen LogP contribution in [0.4, 0.5) is 0 Å². The van der Waals surface area contributed by atoms with Crippen LogP contribution in [0.25, 0.3) is 0 Å². The van der Waals surface area contributed by atoms with Crippen LogP contribution in [0, 0.1) is 5.92 Å². The molecule has 3 nitrogen and oxygen atoms in total. The van der Waals surface area contributed by atoms with Gasteiger partial charge in [0.05, 0.1) is 12.0 Å². The maximum Gasteiger partial charge on any atom is 0.227 e. The number of benzene rings is 2. The molecule has 2 atom stereocenters. The van der Waals surface area contributed by atoms with E-state index in [0.29, 0.717) is 18.1 Å². The Hall–Kier alpha value is -2.00. The Labute approximate surface area is 135 Å². The number of hydrogen-bond donors (Lipinski definition) is 1. The molecule has 1 amide bonds. The molecule has 2 aromatic rings. The van der Waals surface area contributed by atoms with Crippen LogP contribution in [0.15, 0.2) is 48.5 Å². The van der Waals surface area contributed by atoms with Crippen molar-refractivity contribution in [3.63, 3.8) is 0 Å². The zero-order chi connectivity index (χ0) is 15.5. The van der Waals surface area contributed by atoms with Crippen LogP contribution in [-0.4, -0.2) is 12.5 Å². The molecule has 0 spiro atoms. The molecule has 3 rings (SSSR count). The van der Waals surface area contributed by atoms with E-state index in [4.69, 9.17) is 16.3 Å². The normalized spacial score (nSPS) is 18.0. The molecule has 1 heterocycles. The highest BCUT2D eigenvalue weighted by Gasteiger charge is 2.27. The van der Waals surface area contributed by atoms with Crippen molar-refractivity contribution in [2.75, 3.05) is 6.61 Å². The topological polar surface area (TPSA) is 38.3 Å². The average Bonchev–Trinajstić information content (AvgIpc) is 2.54. The van der Waals surface area contributed by atoms with Crippen molar-refractivity contribution < 1.29 is 9.53 Å².